The van der Waals surface area contributed by atoms with Crippen molar-refractivity contribution in [1.82, 2.24) is 10.6 Å². The first-order valence-electron chi connectivity index (χ1n) is 6.17. The fourth-order valence-electron chi connectivity index (χ4n) is 2.47. The highest BCUT2D eigenvalue weighted by molar-refractivity contribution is 5.85. The summed E-state index contributed by atoms with van der Waals surface area (Å²) in [7, 11) is 1.77. The number of likely N-dealkylation sites (N-methyl/N-ethyl adjacent to an activating group) is 1. The molecule has 102 valence electrons. The van der Waals surface area contributed by atoms with Crippen LogP contribution in [0.25, 0.3) is 0 Å². The monoisotopic (exact) mass is 264 g/mol. The first kappa shape index (κ1) is 16.7. The lowest BCUT2D eigenvalue weighted by Crippen LogP contribution is -2.47. The molecular formula is C12H25ClN2O2. The quantitative estimate of drug-likeness (QED) is 0.641. The van der Waals surface area contributed by atoms with Gasteiger partial charge in [0.2, 0.25) is 5.91 Å². The minimum Gasteiger partial charge on any atom is -0.396 e. The van der Waals surface area contributed by atoms with Gasteiger partial charge < -0.3 is 15.7 Å². The molecule has 1 amide bonds. The van der Waals surface area contributed by atoms with Gasteiger partial charge in [-0.05, 0) is 37.6 Å². The smallest absolute Gasteiger partial charge is 0.233 e. The fourth-order valence-corrected chi connectivity index (χ4v) is 2.47. The highest BCUT2D eigenvalue weighted by Crippen LogP contribution is 2.47. The van der Waals surface area contributed by atoms with Crippen LogP contribution in [-0.2, 0) is 4.79 Å². The van der Waals surface area contributed by atoms with Crippen molar-refractivity contribution >= 4 is 18.3 Å². The summed E-state index contributed by atoms with van der Waals surface area (Å²) in [5.74, 6) is 0.547. The Kier molecular flexibility index (Phi) is 7.75. The van der Waals surface area contributed by atoms with E-state index in [1.165, 1.54) is 19.3 Å². The van der Waals surface area contributed by atoms with Crippen LogP contribution >= 0.6 is 12.4 Å². The van der Waals surface area contributed by atoms with Crippen molar-refractivity contribution in [2.24, 2.45) is 11.3 Å². The van der Waals surface area contributed by atoms with Crippen LogP contribution < -0.4 is 10.6 Å². The van der Waals surface area contributed by atoms with Crippen LogP contribution in [0, 0.1) is 11.3 Å². The number of carbonyl (C=O) groups is 1. The Morgan fingerprint density at radius 2 is 2.12 bits per heavy atom. The summed E-state index contributed by atoms with van der Waals surface area (Å²) < 4.78 is 0. The van der Waals surface area contributed by atoms with Gasteiger partial charge in [-0.2, -0.15) is 0 Å². The van der Waals surface area contributed by atoms with Crippen LogP contribution in [-0.4, -0.2) is 37.8 Å². The maximum Gasteiger partial charge on any atom is 0.233 e. The van der Waals surface area contributed by atoms with Gasteiger partial charge in [-0.1, -0.05) is 13.3 Å². The van der Waals surface area contributed by atoms with Crippen molar-refractivity contribution in [3.05, 3.63) is 0 Å². The molecule has 0 aliphatic heterocycles. The van der Waals surface area contributed by atoms with Gasteiger partial charge in [-0.3, -0.25) is 4.79 Å². The summed E-state index contributed by atoms with van der Waals surface area (Å²) in [4.78, 5) is 11.4. The largest absolute Gasteiger partial charge is 0.396 e. The Balaban J connectivity index is 0.00000256. The SMILES string of the molecule is CNCC(=O)NCC1(C(C)CCO)CCC1.Cl. The lowest BCUT2D eigenvalue weighted by Gasteiger charge is -2.47. The Bertz CT molecular complexity index is 233. The molecule has 1 atom stereocenters. The molecule has 5 heteroatoms. The van der Waals surface area contributed by atoms with Gasteiger partial charge in [0.1, 0.15) is 0 Å². The zero-order valence-corrected chi connectivity index (χ0v) is 11.6. The fraction of sp³-hybridized carbons (Fsp3) is 0.917. The first-order valence-corrected chi connectivity index (χ1v) is 6.17. The second kappa shape index (κ2) is 7.90. The van der Waals surface area contributed by atoms with E-state index in [0.29, 0.717) is 12.5 Å². The Labute approximate surface area is 110 Å². The van der Waals surface area contributed by atoms with Gasteiger partial charge in [-0.15, -0.1) is 12.4 Å². The van der Waals surface area contributed by atoms with Crippen molar-refractivity contribution in [1.29, 1.82) is 0 Å². The Morgan fingerprint density at radius 3 is 2.53 bits per heavy atom. The molecule has 0 aromatic heterocycles. The molecule has 4 nitrogen and oxygen atoms in total. The molecule has 17 heavy (non-hydrogen) atoms. The van der Waals surface area contributed by atoms with Crippen LogP contribution in [0.1, 0.15) is 32.6 Å². The van der Waals surface area contributed by atoms with E-state index in [4.69, 9.17) is 5.11 Å². The van der Waals surface area contributed by atoms with E-state index in [1.54, 1.807) is 7.05 Å². The molecule has 0 bridgehead atoms. The molecule has 1 rings (SSSR count). The third-order valence-electron chi connectivity index (χ3n) is 3.93. The van der Waals surface area contributed by atoms with Crippen molar-refractivity contribution < 1.29 is 9.90 Å². The lowest BCUT2D eigenvalue weighted by molar-refractivity contribution is -0.121. The summed E-state index contributed by atoms with van der Waals surface area (Å²) in [6.45, 7) is 3.56. The zero-order chi connectivity index (χ0) is 12.0. The van der Waals surface area contributed by atoms with Gasteiger partial charge >= 0.3 is 0 Å². The van der Waals surface area contributed by atoms with Crippen LogP contribution in [0.3, 0.4) is 0 Å². The second-order valence-corrected chi connectivity index (χ2v) is 4.94. The van der Waals surface area contributed by atoms with Gasteiger partial charge in [0.25, 0.3) is 0 Å². The third-order valence-corrected chi connectivity index (χ3v) is 3.93. The Hall–Kier alpha value is -0.320. The average molecular weight is 265 g/mol. The molecule has 0 aromatic carbocycles. The summed E-state index contributed by atoms with van der Waals surface area (Å²) >= 11 is 0. The van der Waals surface area contributed by atoms with E-state index in [9.17, 15) is 4.79 Å². The van der Waals surface area contributed by atoms with Crippen LogP contribution in [0.15, 0.2) is 0 Å². The molecule has 1 saturated carbocycles. The zero-order valence-electron chi connectivity index (χ0n) is 10.8. The average Bonchev–Trinajstić information content (AvgIpc) is 2.17. The van der Waals surface area contributed by atoms with E-state index in [0.717, 1.165) is 13.0 Å². The molecular weight excluding hydrogens is 240 g/mol. The van der Waals surface area contributed by atoms with Crippen molar-refractivity contribution in [2.45, 2.75) is 32.6 Å². The van der Waals surface area contributed by atoms with Gasteiger partial charge in [-0.25, -0.2) is 0 Å². The molecule has 1 aliphatic rings. The number of hydrogen-bond donors (Lipinski definition) is 3. The number of rotatable bonds is 7. The number of amides is 1. The number of carbonyl (C=O) groups excluding carboxylic acids is 1. The normalized spacial score (nSPS) is 18.8. The summed E-state index contributed by atoms with van der Waals surface area (Å²) in [5, 5.41) is 14.8. The molecule has 0 spiro atoms. The van der Waals surface area contributed by atoms with Crippen molar-refractivity contribution in [3.8, 4) is 0 Å². The van der Waals surface area contributed by atoms with E-state index in [1.807, 2.05) is 0 Å². The van der Waals surface area contributed by atoms with Gasteiger partial charge in [0.15, 0.2) is 0 Å². The minimum atomic E-state index is 0. The molecule has 0 radical (unpaired) electrons. The molecule has 0 aromatic rings. The van der Waals surface area contributed by atoms with Crippen LogP contribution in [0.2, 0.25) is 0 Å². The summed E-state index contributed by atoms with van der Waals surface area (Å²) in [6, 6.07) is 0. The first-order chi connectivity index (χ1) is 7.64. The van der Waals surface area contributed by atoms with Crippen LogP contribution in [0.5, 0.6) is 0 Å². The molecule has 1 fully saturated rings. The predicted molar refractivity (Wildman–Crippen MR) is 71.3 cm³/mol. The van der Waals surface area contributed by atoms with Crippen molar-refractivity contribution in [2.75, 3.05) is 26.7 Å². The number of aliphatic hydroxyl groups excluding tert-OH is 1. The standard InChI is InChI=1S/C12H24N2O2.ClH/c1-10(4-7-15)12(5-3-6-12)9-14-11(16)8-13-2;/h10,13,15H,3-9H2,1-2H3,(H,14,16);1H. The molecule has 0 heterocycles. The molecule has 0 saturated heterocycles. The summed E-state index contributed by atoms with van der Waals surface area (Å²) in [6.07, 6.45) is 4.43. The Morgan fingerprint density at radius 1 is 1.47 bits per heavy atom. The number of halogens is 1. The summed E-state index contributed by atoms with van der Waals surface area (Å²) in [5.41, 5.74) is 0.242. The number of hydrogen-bond acceptors (Lipinski definition) is 3. The number of aliphatic hydroxyl groups is 1. The van der Waals surface area contributed by atoms with Gasteiger partial charge in [0.05, 0.1) is 6.54 Å². The highest BCUT2D eigenvalue weighted by atomic mass is 35.5. The second-order valence-electron chi connectivity index (χ2n) is 4.94. The maximum absolute atomic E-state index is 11.4. The minimum absolute atomic E-state index is 0. The maximum atomic E-state index is 11.4. The molecule has 1 aliphatic carbocycles. The van der Waals surface area contributed by atoms with E-state index < -0.39 is 0 Å². The van der Waals surface area contributed by atoms with E-state index >= 15 is 0 Å². The third kappa shape index (κ3) is 4.45. The lowest BCUT2D eigenvalue weighted by atomic mass is 9.60. The predicted octanol–water partition coefficient (Wildman–Crippen LogP) is 0.933. The topological polar surface area (TPSA) is 61.4 Å². The molecule has 3 N–H and O–H groups in total. The van der Waals surface area contributed by atoms with Crippen molar-refractivity contribution in [3.63, 3.8) is 0 Å². The van der Waals surface area contributed by atoms with E-state index in [-0.39, 0.29) is 30.3 Å². The van der Waals surface area contributed by atoms with Crippen LogP contribution in [0.4, 0.5) is 0 Å². The number of nitrogens with one attached hydrogen (secondary N) is 2. The van der Waals surface area contributed by atoms with E-state index in [2.05, 4.69) is 17.6 Å². The highest BCUT2D eigenvalue weighted by Gasteiger charge is 2.41. The molecule has 1 unspecified atom stereocenters. The van der Waals surface area contributed by atoms with Gasteiger partial charge in [0, 0.05) is 13.2 Å².